The van der Waals surface area contributed by atoms with Gasteiger partial charge >= 0.3 is 0 Å². The largest absolute Gasteiger partial charge is 0.494 e. The van der Waals surface area contributed by atoms with Gasteiger partial charge in [-0.1, -0.05) is 29.8 Å². The highest BCUT2D eigenvalue weighted by molar-refractivity contribution is 5.99. The van der Waals surface area contributed by atoms with E-state index in [0.717, 1.165) is 16.9 Å². The van der Waals surface area contributed by atoms with Crippen LogP contribution in [-0.2, 0) is 9.59 Å². The van der Waals surface area contributed by atoms with Crippen LogP contribution in [0.25, 0.3) is 0 Å². The van der Waals surface area contributed by atoms with Gasteiger partial charge in [-0.15, -0.1) is 0 Å². The fourth-order valence-electron chi connectivity index (χ4n) is 2.31. The van der Waals surface area contributed by atoms with Gasteiger partial charge in [0.1, 0.15) is 5.75 Å². The zero-order valence-corrected chi connectivity index (χ0v) is 15.9. The molecular weight excluding hydrogens is 342 g/mol. The Kier molecular flexibility index (Phi) is 7.55. The third-order valence-corrected chi connectivity index (χ3v) is 3.85. The van der Waals surface area contributed by atoms with Crippen LogP contribution in [0.3, 0.4) is 0 Å². The summed E-state index contributed by atoms with van der Waals surface area (Å²) < 4.78 is 5.35. The number of hydrogen-bond acceptors (Lipinski definition) is 4. The van der Waals surface area contributed by atoms with Crippen LogP contribution in [0.2, 0.25) is 0 Å². The van der Waals surface area contributed by atoms with Crippen molar-refractivity contribution in [2.75, 3.05) is 11.9 Å². The van der Waals surface area contributed by atoms with Gasteiger partial charge in [0.2, 0.25) is 11.8 Å². The molecule has 142 valence electrons. The Hall–Kier alpha value is -3.15. The standard InChI is InChI=1S/C21H25N3O3/c1-4-27-19-11-9-18(10-12-19)22-20(25)13-14-21(26)24-23-16(3)17-7-5-15(2)6-8-17/h5-12H,4,13-14H2,1-3H3,(H,22,25)(H,24,26)/b23-16-. The molecule has 0 aromatic heterocycles. The predicted octanol–water partition coefficient (Wildman–Crippen LogP) is 3.65. The molecule has 2 rings (SSSR count). The maximum atomic E-state index is 12.0. The van der Waals surface area contributed by atoms with E-state index in [1.54, 1.807) is 24.3 Å². The van der Waals surface area contributed by atoms with Crippen LogP contribution < -0.4 is 15.5 Å². The van der Waals surface area contributed by atoms with Gasteiger partial charge in [-0.05, 0) is 50.6 Å². The molecule has 0 heterocycles. The summed E-state index contributed by atoms with van der Waals surface area (Å²) in [6.45, 7) is 6.33. The fraction of sp³-hybridized carbons (Fsp3) is 0.286. The Morgan fingerprint density at radius 2 is 1.59 bits per heavy atom. The minimum Gasteiger partial charge on any atom is -0.494 e. The molecule has 0 aliphatic heterocycles. The average molecular weight is 367 g/mol. The minimum absolute atomic E-state index is 0.0630. The van der Waals surface area contributed by atoms with Gasteiger partial charge in [-0.3, -0.25) is 9.59 Å². The summed E-state index contributed by atoms with van der Waals surface area (Å²) in [6, 6.07) is 15.0. The molecule has 6 heteroatoms. The van der Waals surface area contributed by atoms with Gasteiger partial charge in [0.15, 0.2) is 0 Å². The smallest absolute Gasteiger partial charge is 0.240 e. The van der Waals surface area contributed by atoms with E-state index in [-0.39, 0.29) is 24.7 Å². The van der Waals surface area contributed by atoms with Crippen LogP contribution >= 0.6 is 0 Å². The Morgan fingerprint density at radius 1 is 0.963 bits per heavy atom. The number of ether oxygens (including phenoxy) is 1. The van der Waals surface area contributed by atoms with Crippen molar-refractivity contribution in [2.24, 2.45) is 5.10 Å². The molecule has 6 nitrogen and oxygen atoms in total. The van der Waals surface area contributed by atoms with E-state index in [0.29, 0.717) is 18.0 Å². The Bertz CT molecular complexity index is 796. The molecule has 2 aromatic rings. The molecule has 0 aliphatic carbocycles. The molecule has 0 saturated carbocycles. The molecule has 0 radical (unpaired) electrons. The number of nitrogens with one attached hydrogen (secondary N) is 2. The van der Waals surface area contributed by atoms with Crippen LogP contribution in [0.4, 0.5) is 5.69 Å². The van der Waals surface area contributed by atoms with Crippen LogP contribution in [0.15, 0.2) is 53.6 Å². The number of rotatable bonds is 8. The summed E-state index contributed by atoms with van der Waals surface area (Å²) in [4.78, 5) is 23.9. The van der Waals surface area contributed by atoms with Crippen molar-refractivity contribution in [3.63, 3.8) is 0 Å². The van der Waals surface area contributed by atoms with E-state index < -0.39 is 0 Å². The van der Waals surface area contributed by atoms with Crippen molar-refractivity contribution in [2.45, 2.75) is 33.6 Å². The number of aryl methyl sites for hydroxylation is 1. The van der Waals surface area contributed by atoms with Crippen molar-refractivity contribution in [1.29, 1.82) is 0 Å². The molecule has 0 unspecified atom stereocenters. The van der Waals surface area contributed by atoms with Crippen LogP contribution in [-0.4, -0.2) is 24.1 Å². The first kappa shape index (κ1) is 20.2. The summed E-state index contributed by atoms with van der Waals surface area (Å²) in [6.07, 6.45) is 0.145. The third-order valence-electron chi connectivity index (χ3n) is 3.85. The zero-order valence-electron chi connectivity index (χ0n) is 15.9. The molecule has 0 aliphatic rings. The summed E-state index contributed by atoms with van der Waals surface area (Å²) in [5.41, 5.74) is 5.96. The Morgan fingerprint density at radius 3 is 2.22 bits per heavy atom. The van der Waals surface area contributed by atoms with Crippen LogP contribution in [0.5, 0.6) is 5.75 Å². The second-order valence-electron chi connectivity index (χ2n) is 6.10. The number of hydrazone groups is 1. The first-order chi connectivity index (χ1) is 13.0. The lowest BCUT2D eigenvalue weighted by atomic mass is 10.1. The quantitative estimate of drug-likeness (QED) is 0.552. The van der Waals surface area contributed by atoms with Crippen molar-refractivity contribution in [1.82, 2.24) is 5.43 Å². The molecule has 0 fully saturated rings. The summed E-state index contributed by atoms with van der Waals surface area (Å²) in [5, 5.41) is 6.84. The van der Waals surface area contributed by atoms with Gasteiger partial charge in [-0.2, -0.15) is 5.10 Å². The van der Waals surface area contributed by atoms with E-state index in [9.17, 15) is 9.59 Å². The predicted molar refractivity (Wildman–Crippen MR) is 107 cm³/mol. The van der Waals surface area contributed by atoms with E-state index in [2.05, 4.69) is 15.8 Å². The normalized spacial score (nSPS) is 11.0. The minimum atomic E-state index is -0.302. The van der Waals surface area contributed by atoms with Crippen molar-refractivity contribution in [3.8, 4) is 5.75 Å². The average Bonchev–Trinajstić information content (AvgIpc) is 2.67. The number of nitrogens with zero attached hydrogens (tertiary/aromatic N) is 1. The fourth-order valence-corrected chi connectivity index (χ4v) is 2.31. The van der Waals surface area contributed by atoms with Crippen molar-refractivity contribution >= 4 is 23.2 Å². The molecule has 0 saturated heterocycles. The highest BCUT2D eigenvalue weighted by Crippen LogP contribution is 2.15. The number of amides is 2. The summed E-state index contributed by atoms with van der Waals surface area (Å²) in [5.74, 6) is 0.216. The number of carbonyl (C=O) groups is 2. The van der Waals surface area contributed by atoms with Gasteiger partial charge in [0.05, 0.1) is 12.3 Å². The highest BCUT2D eigenvalue weighted by atomic mass is 16.5. The number of anilines is 1. The first-order valence-corrected chi connectivity index (χ1v) is 8.91. The molecule has 2 aromatic carbocycles. The van der Waals surface area contributed by atoms with E-state index in [1.807, 2.05) is 45.0 Å². The molecule has 2 amide bonds. The third kappa shape index (κ3) is 6.93. The lowest BCUT2D eigenvalue weighted by Gasteiger charge is -2.07. The Labute approximate surface area is 159 Å². The van der Waals surface area contributed by atoms with E-state index >= 15 is 0 Å². The first-order valence-electron chi connectivity index (χ1n) is 8.91. The topological polar surface area (TPSA) is 79.8 Å². The van der Waals surface area contributed by atoms with Crippen LogP contribution in [0, 0.1) is 6.92 Å². The molecular formula is C21H25N3O3. The van der Waals surface area contributed by atoms with E-state index in [4.69, 9.17) is 4.74 Å². The monoisotopic (exact) mass is 367 g/mol. The van der Waals surface area contributed by atoms with Crippen LogP contribution in [0.1, 0.15) is 37.8 Å². The number of benzene rings is 2. The summed E-state index contributed by atoms with van der Waals surface area (Å²) >= 11 is 0. The molecule has 0 atom stereocenters. The molecule has 0 bridgehead atoms. The lowest BCUT2D eigenvalue weighted by Crippen LogP contribution is -2.21. The zero-order chi connectivity index (χ0) is 19.6. The second-order valence-corrected chi connectivity index (χ2v) is 6.10. The van der Waals surface area contributed by atoms with Gasteiger partial charge in [-0.25, -0.2) is 5.43 Å². The second kappa shape index (κ2) is 10.1. The number of carbonyl (C=O) groups excluding carboxylic acids is 2. The molecule has 27 heavy (non-hydrogen) atoms. The number of hydrogen-bond donors (Lipinski definition) is 2. The molecule has 0 spiro atoms. The maximum Gasteiger partial charge on any atom is 0.240 e. The Balaban J connectivity index is 1.76. The molecule has 2 N–H and O–H groups in total. The summed E-state index contributed by atoms with van der Waals surface area (Å²) in [7, 11) is 0. The highest BCUT2D eigenvalue weighted by Gasteiger charge is 2.07. The van der Waals surface area contributed by atoms with Gasteiger partial charge in [0.25, 0.3) is 0 Å². The van der Waals surface area contributed by atoms with Gasteiger partial charge < -0.3 is 10.1 Å². The van der Waals surface area contributed by atoms with E-state index in [1.165, 1.54) is 0 Å². The SMILES string of the molecule is CCOc1ccc(NC(=O)CCC(=O)N/N=C(/C)c2ccc(C)cc2)cc1. The van der Waals surface area contributed by atoms with Crippen molar-refractivity contribution in [3.05, 3.63) is 59.7 Å². The lowest BCUT2D eigenvalue weighted by molar-refractivity contribution is -0.124. The van der Waals surface area contributed by atoms with Gasteiger partial charge in [0, 0.05) is 18.5 Å². The van der Waals surface area contributed by atoms with Crippen molar-refractivity contribution < 1.29 is 14.3 Å². The maximum absolute atomic E-state index is 12.0.